The molecule has 0 amide bonds. The van der Waals surface area contributed by atoms with Crippen LogP contribution in [0.15, 0.2) is 36.4 Å². The highest BCUT2D eigenvalue weighted by atomic mass is 16.5. The molecule has 4 saturated carbocycles. The summed E-state index contributed by atoms with van der Waals surface area (Å²) in [7, 11) is 0. The normalized spacial score (nSPS) is 36.7. The van der Waals surface area contributed by atoms with E-state index in [1.165, 1.54) is 38.5 Å². The number of hydrogen-bond donors (Lipinski definition) is 0. The Morgan fingerprint density at radius 3 is 2.05 bits per heavy atom. The Balaban J connectivity index is 1.54. The molecule has 1 nitrogen and oxygen atoms in total. The van der Waals surface area contributed by atoms with Crippen LogP contribution in [-0.4, -0.2) is 6.61 Å². The molecule has 4 bridgehead atoms. The summed E-state index contributed by atoms with van der Waals surface area (Å²) in [6.07, 6.45) is 8.85. The maximum atomic E-state index is 5.74. The first-order valence-electron chi connectivity index (χ1n) is 8.51. The van der Waals surface area contributed by atoms with Gasteiger partial charge in [0.15, 0.2) is 0 Å². The summed E-state index contributed by atoms with van der Waals surface area (Å²) in [5.41, 5.74) is 3.14. The average Bonchev–Trinajstić information content (AvgIpc) is 2.44. The van der Waals surface area contributed by atoms with Gasteiger partial charge in [0.2, 0.25) is 0 Å². The predicted octanol–water partition coefficient (Wildman–Crippen LogP) is 5.11. The summed E-state index contributed by atoms with van der Waals surface area (Å²) in [6.45, 7) is 6.52. The molecule has 1 aromatic rings. The van der Waals surface area contributed by atoms with Crippen molar-refractivity contribution in [3.63, 3.8) is 0 Å². The maximum Gasteiger partial charge on any atom is 0.119 e. The monoisotopic (exact) mass is 282 g/mol. The van der Waals surface area contributed by atoms with E-state index >= 15 is 0 Å². The molecule has 1 aromatic carbocycles. The van der Waals surface area contributed by atoms with Gasteiger partial charge in [0.1, 0.15) is 12.4 Å². The lowest BCUT2D eigenvalue weighted by molar-refractivity contribution is -0.00520. The van der Waals surface area contributed by atoms with E-state index in [4.69, 9.17) is 4.74 Å². The molecule has 1 heteroatoms. The van der Waals surface area contributed by atoms with Crippen molar-refractivity contribution >= 4 is 0 Å². The summed E-state index contributed by atoms with van der Waals surface area (Å²) in [4.78, 5) is 0. The zero-order chi connectivity index (χ0) is 14.4. The van der Waals surface area contributed by atoms with Crippen molar-refractivity contribution in [2.45, 2.75) is 50.9 Å². The number of benzene rings is 1. The zero-order valence-electron chi connectivity index (χ0n) is 13.1. The second-order valence-electron chi connectivity index (χ2n) is 7.97. The second kappa shape index (κ2) is 4.90. The molecule has 4 aliphatic rings. The van der Waals surface area contributed by atoms with Crippen molar-refractivity contribution in [1.82, 2.24) is 0 Å². The van der Waals surface area contributed by atoms with E-state index < -0.39 is 0 Å². The van der Waals surface area contributed by atoms with E-state index in [0.717, 1.165) is 29.1 Å². The fourth-order valence-corrected chi connectivity index (χ4v) is 5.58. The predicted molar refractivity (Wildman–Crippen MR) is 86.6 cm³/mol. The second-order valence-corrected chi connectivity index (χ2v) is 7.97. The first-order chi connectivity index (χ1) is 10.1. The minimum atomic E-state index is 0.502. The van der Waals surface area contributed by atoms with E-state index in [2.05, 4.69) is 30.8 Å². The average molecular weight is 282 g/mol. The van der Waals surface area contributed by atoms with Crippen LogP contribution in [0.3, 0.4) is 0 Å². The molecule has 0 saturated heterocycles. The Morgan fingerprint density at radius 1 is 1.05 bits per heavy atom. The van der Waals surface area contributed by atoms with Gasteiger partial charge >= 0.3 is 0 Å². The lowest BCUT2D eigenvalue weighted by atomic mass is 9.48. The standard InChI is InChI=1S/C20H26O/c1-14(2)13-21-19-5-3-18(4-6-19)20-10-15-7-16(11-20)9-17(8-15)12-20/h3-6,15-17H,1,7-13H2,2H3. The van der Waals surface area contributed by atoms with Gasteiger partial charge in [-0.1, -0.05) is 18.7 Å². The highest BCUT2D eigenvalue weighted by Gasteiger charge is 2.51. The van der Waals surface area contributed by atoms with Crippen molar-refractivity contribution in [3.8, 4) is 5.75 Å². The van der Waals surface area contributed by atoms with Crippen molar-refractivity contribution in [2.75, 3.05) is 6.61 Å². The maximum absolute atomic E-state index is 5.74. The Kier molecular flexibility index (Phi) is 3.13. The molecule has 0 N–H and O–H groups in total. The molecule has 0 heterocycles. The smallest absolute Gasteiger partial charge is 0.119 e. The first-order valence-corrected chi connectivity index (χ1v) is 8.51. The summed E-state index contributed by atoms with van der Waals surface area (Å²) < 4.78 is 5.74. The van der Waals surface area contributed by atoms with E-state index in [-0.39, 0.29) is 0 Å². The van der Waals surface area contributed by atoms with Crippen molar-refractivity contribution in [2.24, 2.45) is 17.8 Å². The Morgan fingerprint density at radius 2 is 1.57 bits per heavy atom. The third-order valence-electron chi connectivity index (χ3n) is 5.99. The highest BCUT2D eigenvalue weighted by Crippen LogP contribution is 2.60. The van der Waals surface area contributed by atoms with Crippen LogP contribution in [0.1, 0.15) is 51.0 Å². The Labute approximate surface area is 128 Å². The highest BCUT2D eigenvalue weighted by molar-refractivity contribution is 5.34. The fraction of sp³-hybridized carbons (Fsp3) is 0.600. The third-order valence-corrected chi connectivity index (χ3v) is 5.99. The largest absolute Gasteiger partial charge is 0.489 e. The molecule has 5 rings (SSSR count). The van der Waals surface area contributed by atoms with Gasteiger partial charge in [0, 0.05) is 0 Å². The summed E-state index contributed by atoms with van der Waals surface area (Å²) in [5, 5.41) is 0. The van der Waals surface area contributed by atoms with Crippen molar-refractivity contribution in [1.29, 1.82) is 0 Å². The minimum absolute atomic E-state index is 0.502. The van der Waals surface area contributed by atoms with Crippen LogP contribution >= 0.6 is 0 Å². The lowest BCUT2D eigenvalue weighted by Crippen LogP contribution is -2.48. The van der Waals surface area contributed by atoms with Gasteiger partial charge in [-0.05, 0) is 91.9 Å². The molecule has 0 spiro atoms. The first kappa shape index (κ1) is 13.4. The van der Waals surface area contributed by atoms with E-state index in [1.807, 2.05) is 6.92 Å². The van der Waals surface area contributed by atoms with Crippen LogP contribution in [0.25, 0.3) is 0 Å². The molecule has 4 aliphatic carbocycles. The molecule has 21 heavy (non-hydrogen) atoms. The third kappa shape index (κ3) is 2.41. The van der Waals surface area contributed by atoms with Gasteiger partial charge in [-0.3, -0.25) is 0 Å². The van der Waals surface area contributed by atoms with Crippen LogP contribution in [0.2, 0.25) is 0 Å². The topological polar surface area (TPSA) is 9.23 Å². The number of ether oxygens (including phenoxy) is 1. The molecule has 0 radical (unpaired) electrons. The van der Waals surface area contributed by atoms with Gasteiger partial charge in [-0.25, -0.2) is 0 Å². The van der Waals surface area contributed by atoms with Gasteiger partial charge in [0.25, 0.3) is 0 Å². The van der Waals surface area contributed by atoms with Crippen LogP contribution in [-0.2, 0) is 5.41 Å². The van der Waals surface area contributed by atoms with Crippen LogP contribution < -0.4 is 4.74 Å². The van der Waals surface area contributed by atoms with Crippen LogP contribution in [0.5, 0.6) is 5.75 Å². The van der Waals surface area contributed by atoms with E-state index in [1.54, 1.807) is 5.56 Å². The molecule has 4 fully saturated rings. The number of rotatable bonds is 4. The summed E-state index contributed by atoms with van der Waals surface area (Å²) >= 11 is 0. The van der Waals surface area contributed by atoms with E-state index in [0.29, 0.717) is 12.0 Å². The number of hydrogen-bond acceptors (Lipinski definition) is 1. The Bertz CT molecular complexity index is 504. The van der Waals surface area contributed by atoms with Gasteiger partial charge in [0.05, 0.1) is 0 Å². The lowest BCUT2D eigenvalue weighted by Gasteiger charge is -2.57. The minimum Gasteiger partial charge on any atom is -0.489 e. The Hall–Kier alpha value is -1.24. The summed E-state index contributed by atoms with van der Waals surface area (Å²) in [6, 6.07) is 9.00. The molecular formula is C20H26O. The quantitative estimate of drug-likeness (QED) is 0.697. The molecule has 112 valence electrons. The molecule has 0 unspecified atom stereocenters. The van der Waals surface area contributed by atoms with Gasteiger partial charge in [-0.15, -0.1) is 0 Å². The SMILES string of the molecule is C=C(C)COc1ccc(C23CC4CC(CC(C4)C2)C3)cc1. The molecule has 0 aromatic heterocycles. The fourth-order valence-electron chi connectivity index (χ4n) is 5.58. The zero-order valence-corrected chi connectivity index (χ0v) is 13.1. The van der Waals surface area contributed by atoms with Crippen LogP contribution in [0.4, 0.5) is 0 Å². The van der Waals surface area contributed by atoms with E-state index in [9.17, 15) is 0 Å². The van der Waals surface area contributed by atoms with Crippen molar-refractivity contribution in [3.05, 3.63) is 42.0 Å². The van der Waals surface area contributed by atoms with Crippen LogP contribution in [0, 0.1) is 17.8 Å². The molecule has 0 atom stereocenters. The molecular weight excluding hydrogens is 256 g/mol. The molecule has 0 aliphatic heterocycles. The van der Waals surface area contributed by atoms with Gasteiger partial charge in [-0.2, -0.15) is 0 Å². The van der Waals surface area contributed by atoms with Crippen molar-refractivity contribution < 1.29 is 4.74 Å². The summed E-state index contributed by atoms with van der Waals surface area (Å²) in [5.74, 6) is 4.01. The van der Waals surface area contributed by atoms with Gasteiger partial charge < -0.3 is 4.74 Å².